The molecule has 0 atom stereocenters. The first-order valence-corrected chi connectivity index (χ1v) is 9.12. The number of nitrogens with zero attached hydrogens (tertiary/aromatic N) is 2. The van der Waals surface area contributed by atoms with Gasteiger partial charge >= 0.3 is 0 Å². The van der Waals surface area contributed by atoms with Crippen LogP contribution in [0.1, 0.15) is 21.5 Å². The van der Waals surface area contributed by atoms with E-state index in [0.717, 1.165) is 16.5 Å². The van der Waals surface area contributed by atoms with Crippen molar-refractivity contribution in [1.29, 1.82) is 0 Å². The average molecular weight is 411 g/mol. The Labute approximate surface area is 161 Å². The lowest BCUT2D eigenvalue weighted by molar-refractivity contribution is 0.0954. The maximum Gasteiger partial charge on any atom is 0.255 e. The number of amides is 1. The number of hydrogen-bond acceptors (Lipinski definition) is 4. The van der Waals surface area contributed by atoms with Crippen molar-refractivity contribution >= 4 is 27.7 Å². The Morgan fingerprint density at radius 3 is 2.50 bits per heavy atom. The van der Waals surface area contributed by atoms with Crippen molar-refractivity contribution in [2.75, 3.05) is 11.9 Å². The van der Waals surface area contributed by atoms with Crippen LogP contribution in [0.2, 0.25) is 0 Å². The molecule has 3 rings (SSSR count). The van der Waals surface area contributed by atoms with Crippen LogP contribution in [0.15, 0.2) is 71.6 Å². The Morgan fingerprint density at radius 1 is 0.962 bits per heavy atom. The fraction of sp³-hybridized carbons (Fsp3) is 0.150. The minimum absolute atomic E-state index is 0.132. The van der Waals surface area contributed by atoms with Crippen LogP contribution in [0, 0.1) is 0 Å². The van der Waals surface area contributed by atoms with E-state index < -0.39 is 0 Å². The lowest BCUT2D eigenvalue weighted by atomic mass is 10.1. The van der Waals surface area contributed by atoms with Gasteiger partial charge < -0.3 is 10.6 Å². The van der Waals surface area contributed by atoms with Gasteiger partial charge in [-0.05, 0) is 53.9 Å². The number of nitrogens with one attached hydrogen (secondary N) is 2. The summed E-state index contributed by atoms with van der Waals surface area (Å²) in [5, 5.41) is 6.18. The largest absolute Gasteiger partial charge is 0.365 e. The van der Waals surface area contributed by atoms with Crippen molar-refractivity contribution in [3.05, 3.63) is 88.3 Å². The van der Waals surface area contributed by atoms with E-state index >= 15 is 0 Å². The van der Waals surface area contributed by atoms with Crippen LogP contribution in [-0.2, 0) is 13.0 Å². The molecule has 26 heavy (non-hydrogen) atoms. The summed E-state index contributed by atoms with van der Waals surface area (Å²) in [7, 11) is 0. The summed E-state index contributed by atoms with van der Waals surface area (Å²) in [5.41, 5.74) is 2.79. The summed E-state index contributed by atoms with van der Waals surface area (Å²) in [6.07, 6.45) is 5.93. The van der Waals surface area contributed by atoms with Gasteiger partial charge in [-0.2, -0.15) is 0 Å². The third-order valence-corrected chi connectivity index (χ3v) is 4.40. The zero-order valence-corrected chi connectivity index (χ0v) is 15.7. The van der Waals surface area contributed by atoms with Crippen LogP contribution in [0.25, 0.3) is 0 Å². The lowest BCUT2D eigenvalue weighted by Crippen LogP contribution is -2.26. The monoisotopic (exact) mass is 410 g/mol. The van der Waals surface area contributed by atoms with Crippen molar-refractivity contribution in [2.45, 2.75) is 13.0 Å². The van der Waals surface area contributed by atoms with Crippen molar-refractivity contribution in [2.24, 2.45) is 0 Å². The van der Waals surface area contributed by atoms with E-state index in [-0.39, 0.29) is 5.91 Å². The highest BCUT2D eigenvalue weighted by Gasteiger charge is 2.11. The Hall–Kier alpha value is -2.73. The fourth-order valence-electron chi connectivity index (χ4n) is 2.48. The van der Waals surface area contributed by atoms with Crippen LogP contribution < -0.4 is 10.6 Å². The topological polar surface area (TPSA) is 66.9 Å². The molecule has 2 heterocycles. The molecule has 0 saturated carbocycles. The number of carbonyl (C=O) groups excluding carboxylic acids is 1. The van der Waals surface area contributed by atoms with Gasteiger partial charge in [-0.3, -0.25) is 9.78 Å². The highest BCUT2D eigenvalue weighted by Crippen LogP contribution is 2.13. The van der Waals surface area contributed by atoms with Crippen LogP contribution in [0.3, 0.4) is 0 Å². The molecule has 3 aromatic rings. The van der Waals surface area contributed by atoms with Crippen LogP contribution >= 0.6 is 15.9 Å². The lowest BCUT2D eigenvalue weighted by Gasteiger charge is -2.11. The maximum absolute atomic E-state index is 12.5. The molecule has 0 saturated heterocycles. The van der Waals surface area contributed by atoms with Crippen LogP contribution in [0.4, 0.5) is 5.82 Å². The number of pyridine rings is 2. The number of hydrogen-bond donors (Lipinski definition) is 2. The Kier molecular flexibility index (Phi) is 6.33. The smallest absolute Gasteiger partial charge is 0.255 e. The summed E-state index contributed by atoms with van der Waals surface area (Å²) in [6, 6.07) is 15.5. The summed E-state index contributed by atoms with van der Waals surface area (Å²) in [4.78, 5) is 20.8. The molecule has 0 aliphatic heterocycles. The number of aromatic nitrogens is 2. The van der Waals surface area contributed by atoms with E-state index in [0.29, 0.717) is 24.5 Å². The summed E-state index contributed by atoms with van der Waals surface area (Å²) >= 11 is 3.42. The zero-order chi connectivity index (χ0) is 18.2. The predicted octanol–water partition coefficient (Wildman–Crippen LogP) is 3.82. The summed E-state index contributed by atoms with van der Waals surface area (Å²) in [5.74, 6) is 0.442. The van der Waals surface area contributed by atoms with Gasteiger partial charge in [0.05, 0.1) is 5.56 Å². The van der Waals surface area contributed by atoms with E-state index in [4.69, 9.17) is 0 Å². The van der Waals surface area contributed by atoms with Gasteiger partial charge in [0.2, 0.25) is 0 Å². The molecule has 6 heteroatoms. The normalized spacial score (nSPS) is 10.3. The number of anilines is 1. The van der Waals surface area contributed by atoms with Gasteiger partial charge in [-0.15, -0.1) is 0 Å². The number of benzene rings is 1. The van der Waals surface area contributed by atoms with Gasteiger partial charge in [0.15, 0.2) is 0 Å². The molecular formula is C20H19BrN4O. The minimum Gasteiger partial charge on any atom is -0.365 e. The molecule has 0 spiro atoms. The highest BCUT2D eigenvalue weighted by molar-refractivity contribution is 9.10. The van der Waals surface area contributed by atoms with E-state index in [1.54, 1.807) is 30.7 Å². The Bertz CT molecular complexity index is 853. The van der Waals surface area contributed by atoms with E-state index in [2.05, 4.69) is 36.5 Å². The third kappa shape index (κ3) is 5.13. The Balaban J connectivity index is 1.57. The van der Waals surface area contributed by atoms with Gasteiger partial charge in [-0.25, -0.2) is 4.98 Å². The molecule has 0 bridgehead atoms. The number of rotatable bonds is 7. The predicted molar refractivity (Wildman–Crippen MR) is 106 cm³/mol. The molecule has 2 aromatic heterocycles. The summed E-state index contributed by atoms with van der Waals surface area (Å²) in [6.45, 7) is 1.15. The van der Waals surface area contributed by atoms with Gasteiger partial charge in [0.1, 0.15) is 5.82 Å². The second kappa shape index (κ2) is 9.10. The van der Waals surface area contributed by atoms with Crippen LogP contribution in [0.5, 0.6) is 0 Å². The van der Waals surface area contributed by atoms with Crippen molar-refractivity contribution in [3.8, 4) is 0 Å². The minimum atomic E-state index is -0.132. The zero-order valence-electron chi connectivity index (χ0n) is 14.2. The Morgan fingerprint density at radius 2 is 1.73 bits per heavy atom. The SMILES string of the molecule is O=C(NCCc1ccc(Br)cc1)c1cccnc1NCc1ccncc1. The van der Waals surface area contributed by atoms with Crippen molar-refractivity contribution in [3.63, 3.8) is 0 Å². The molecule has 0 aliphatic carbocycles. The second-order valence-electron chi connectivity index (χ2n) is 5.74. The van der Waals surface area contributed by atoms with Gasteiger partial charge in [-0.1, -0.05) is 28.1 Å². The second-order valence-corrected chi connectivity index (χ2v) is 6.66. The maximum atomic E-state index is 12.5. The van der Waals surface area contributed by atoms with Gasteiger partial charge in [0, 0.05) is 36.2 Å². The van der Waals surface area contributed by atoms with E-state index in [9.17, 15) is 4.79 Å². The molecule has 0 fully saturated rings. The number of carbonyl (C=O) groups is 1. The molecule has 0 aliphatic rings. The standard InChI is InChI=1S/C20H19BrN4O/c21-17-5-3-15(4-6-17)9-13-24-20(26)18-2-1-10-23-19(18)25-14-16-7-11-22-12-8-16/h1-8,10-12H,9,13-14H2,(H,23,25)(H,24,26). The number of halogens is 1. The van der Waals surface area contributed by atoms with Crippen molar-refractivity contribution in [1.82, 2.24) is 15.3 Å². The first kappa shape index (κ1) is 18.1. The third-order valence-electron chi connectivity index (χ3n) is 3.87. The molecule has 5 nitrogen and oxygen atoms in total. The molecule has 1 aromatic carbocycles. The first-order valence-electron chi connectivity index (χ1n) is 8.33. The quantitative estimate of drug-likeness (QED) is 0.620. The van der Waals surface area contributed by atoms with Gasteiger partial charge in [0.25, 0.3) is 5.91 Å². The van der Waals surface area contributed by atoms with Crippen LogP contribution in [-0.4, -0.2) is 22.4 Å². The highest BCUT2D eigenvalue weighted by atomic mass is 79.9. The van der Waals surface area contributed by atoms with E-state index in [1.165, 1.54) is 5.56 Å². The first-order chi connectivity index (χ1) is 12.7. The van der Waals surface area contributed by atoms with Crippen molar-refractivity contribution < 1.29 is 4.79 Å². The molecular weight excluding hydrogens is 392 g/mol. The summed E-state index contributed by atoms with van der Waals surface area (Å²) < 4.78 is 1.05. The molecule has 2 N–H and O–H groups in total. The average Bonchev–Trinajstić information content (AvgIpc) is 2.69. The molecule has 0 unspecified atom stereocenters. The van der Waals surface area contributed by atoms with E-state index in [1.807, 2.05) is 36.4 Å². The molecule has 0 radical (unpaired) electrons. The molecule has 1 amide bonds. The molecule has 132 valence electrons. The fourth-order valence-corrected chi connectivity index (χ4v) is 2.75.